The molecule has 0 saturated heterocycles. The van der Waals surface area contributed by atoms with Crippen LogP contribution in [0.5, 0.6) is 0 Å². The number of hydrogen-bond acceptors (Lipinski definition) is 4. The van der Waals surface area contributed by atoms with E-state index < -0.39 is 23.8 Å². The molecule has 0 radical (unpaired) electrons. The number of halogens is 1. The van der Waals surface area contributed by atoms with Gasteiger partial charge >= 0.3 is 0 Å². The van der Waals surface area contributed by atoms with Crippen molar-refractivity contribution < 1.29 is 14.4 Å². The molecule has 0 unspecified atom stereocenters. The molecule has 0 saturated carbocycles. The number of aromatic nitrogens is 2. The van der Waals surface area contributed by atoms with Crippen LogP contribution < -0.4 is 21.5 Å². The van der Waals surface area contributed by atoms with Crippen LogP contribution in [0.15, 0.2) is 83.7 Å². The Morgan fingerprint density at radius 2 is 1.55 bits per heavy atom. The lowest BCUT2D eigenvalue weighted by atomic mass is 10.1. The molecule has 0 aliphatic carbocycles. The lowest BCUT2D eigenvalue weighted by Gasteiger charge is -2.15. The zero-order chi connectivity index (χ0) is 27.4. The van der Waals surface area contributed by atoms with Gasteiger partial charge in [-0.05, 0) is 56.3 Å². The van der Waals surface area contributed by atoms with E-state index >= 15 is 0 Å². The second-order valence-electron chi connectivity index (χ2n) is 8.64. The number of hydrogen-bond donors (Lipinski definition) is 3. The summed E-state index contributed by atoms with van der Waals surface area (Å²) >= 11 is 6.06. The van der Waals surface area contributed by atoms with Gasteiger partial charge < -0.3 is 16.0 Å². The number of carbonyl (C=O) groups excluding carboxylic acids is 3. The van der Waals surface area contributed by atoms with Crippen LogP contribution >= 0.6 is 11.6 Å². The quantitative estimate of drug-likeness (QED) is 0.332. The zero-order valence-electron chi connectivity index (χ0n) is 21.0. The average molecular weight is 532 g/mol. The van der Waals surface area contributed by atoms with Crippen LogP contribution in [0.2, 0.25) is 5.02 Å². The summed E-state index contributed by atoms with van der Waals surface area (Å²) in [7, 11) is 1.74. The van der Waals surface area contributed by atoms with Crippen molar-refractivity contribution in [3.63, 3.8) is 0 Å². The van der Waals surface area contributed by atoms with Crippen molar-refractivity contribution in [1.29, 1.82) is 0 Å². The largest absolute Gasteiger partial charge is 0.340 e. The summed E-state index contributed by atoms with van der Waals surface area (Å²) in [5.74, 6) is -1.47. The first kappa shape index (κ1) is 26.4. The van der Waals surface area contributed by atoms with Gasteiger partial charge in [0, 0.05) is 18.3 Å². The molecule has 0 spiro atoms. The standard InChI is InChI=1S/C28H26ClN5O4/c1-17(30-27(37)22-14-7-8-15-23(22)29)25(35)31-20-11-9-10-19(16-20)26(36)32-24-18(2)33(3)34(28(24)38)21-12-5-4-6-13-21/h4-17H,1-3H3,(H,30,37)(H,31,35)(H,32,36)/t17-/m0/s1. The van der Waals surface area contributed by atoms with E-state index in [1.54, 1.807) is 73.3 Å². The van der Waals surface area contributed by atoms with Crippen molar-refractivity contribution in [2.45, 2.75) is 19.9 Å². The molecule has 3 amide bonds. The second-order valence-corrected chi connectivity index (χ2v) is 9.04. The minimum atomic E-state index is -0.875. The molecule has 3 aromatic carbocycles. The lowest BCUT2D eigenvalue weighted by molar-refractivity contribution is -0.117. The molecule has 1 aromatic heterocycles. The summed E-state index contributed by atoms with van der Waals surface area (Å²) in [6.07, 6.45) is 0. The monoisotopic (exact) mass is 531 g/mol. The van der Waals surface area contributed by atoms with Crippen LogP contribution in [-0.4, -0.2) is 33.1 Å². The Hall–Kier alpha value is -4.63. The highest BCUT2D eigenvalue weighted by Gasteiger charge is 2.21. The maximum Gasteiger partial charge on any atom is 0.295 e. The van der Waals surface area contributed by atoms with Crippen LogP contribution in [0.4, 0.5) is 11.4 Å². The van der Waals surface area contributed by atoms with E-state index in [2.05, 4.69) is 16.0 Å². The fourth-order valence-corrected chi connectivity index (χ4v) is 4.09. The van der Waals surface area contributed by atoms with E-state index in [0.29, 0.717) is 17.1 Å². The third kappa shape index (κ3) is 5.52. The fraction of sp³-hybridized carbons (Fsp3) is 0.143. The number of nitrogens with one attached hydrogen (secondary N) is 3. The predicted octanol–water partition coefficient (Wildman–Crippen LogP) is 4.15. The molecule has 194 valence electrons. The number of nitrogens with zero attached hydrogens (tertiary/aromatic N) is 2. The Balaban J connectivity index is 1.46. The first-order valence-electron chi connectivity index (χ1n) is 11.8. The molecule has 0 aliphatic rings. The minimum absolute atomic E-state index is 0.159. The van der Waals surface area contributed by atoms with E-state index in [1.165, 1.54) is 17.7 Å². The van der Waals surface area contributed by atoms with Gasteiger partial charge in [-0.1, -0.05) is 48.0 Å². The molecule has 38 heavy (non-hydrogen) atoms. The van der Waals surface area contributed by atoms with Crippen LogP contribution in [0.25, 0.3) is 5.69 Å². The molecule has 9 nitrogen and oxygen atoms in total. The van der Waals surface area contributed by atoms with Crippen molar-refractivity contribution in [1.82, 2.24) is 14.7 Å². The molecule has 0 aliphatic heterocycles. The van der Waals surface area contributed by atoms with Gasteiger partial charge in [0.05, 0.1) is 22.0 Å². The van der Waals surface area contributed by atoms with Gasteiger partial charge in [0.25, 0.3) is 17.4 Å². The first-order chi connectivity index (χ1) is 18.2. The molecule has 3 N–H and O–H groups in total. The predicted molar refractivity (Wildman–Crippen MR) is 147 cm³/mol. The van der Waals surface area contributed by atoms with Crippen LogP contribution in [-0.2, 0) is 11.8 Å². The van der Waals surface area contributed by atoms with Crippen molar-refractivity contribution >= 4 is 40.7 Å². The normalized spacial score (nSPS) is 11.5. The highest BCUT2D eigenvalue weighted by atomic mass is 35.5. The summed E-state index contributed by atoms with van der Waals surface area (Å²) in [5, 5.41) is 8.28. The summed E-state index contributed by atoms with van der Waals surface area (Å²) in [6, 6.07) is 21.1. The maximum absolute atomic E-state index is 13.1. The summed E-state index contributed by atoms with van der Waals surface area (Å²) in [4.78, 5) is 51.3. The highest BCUT2D eigenvalue weighted by Crippen LogP contribution is 2.18. The molecule has 1 atom stereocenters. The average Bonchev–Trinajstić information content (AvgIpc) is 3.12. The Labute approximate surface area is 224 Å². The molecule has 4 rings (SSSR count). The SMILES string of the molecule is Cc1c(NC(=O)c2cccc(NC(=O)[C@H](C)NC(=O)c3ccccc3Cl)c2)c(=O)n(-c2ccccc2)n1C. The van der Waals surface area contributed by atoms with Gasteiger partial charge in [-0.15, -0.1) is 0 Å². The smallest absolute Gasteiger partial charge is 0.295 e. The van der Waals surface area contributed by atoms with Crippen molar-refractivity contribution in [2.75, 3.05) is 10.6 Å². The fourth-order valence-electron chi connectivity index (χ4n) is 3.87. The van der Waals surface area contributed by atoms with E-state index in [1.807, 2.05) is 18.2 Å². The van der Waals surface area contributed by atoms with Crippen LogP contribution in [0.3, 0.4) is 0 Å². The number of anilines is 2. The van der Waals surface area contributed by atoms with Crippen molar-refractivity contribution in [2.24, 2.45) is 7.05 Å². The molecular weight excluding hydrogens is 506 g/mol. The Kier molecular flexibility index (Phi) is 7.78. The second kappa shape index (κ2) is 11.2. The summed E-state index contributed by atoms with van der Waals surface area (Å²) in [6.45, 7) is 3.28. The van der Waals surface area contributed by atoms with Crippen LogP contribution in [0.1, 0.15) is 33.3 Å². The van der Waals surface area contributed by atoms with E-state index in [-0.39, 0.29) is 27.4 Å². The van der Waals surface area contributed by atoms with E-state index in [9.17, 15) is 19.2 Å². The topological polar surface area (TPSA) is 114 Å². The molecule has 4 aromatic rings. The van der Waals surface area contributed by atoms with Gasteiger partial charge in [-0.3, -0.25) is 23.9 Å². The molecular formula is C28H26ClN5O4. The third-order valence-corrected chi connectivity index (χ3v) is 6.37. The minimum Gasteiger partial charge on any atom is -0.340 e. The number of carbonyl (C=O) groups is 3. The van der Waals surface area contributed by atoms with Crippen molar-refractivity contribution in [3.8, 4) is 5.69 Å². The van der Waals surface area contributed by atoms with Crippen molar-refractivity contribution in [3.05, 3.63) is 111 Å². The highest BCUT2D eigenvalue weighted by molar-refractivity contribution is 6.33. The number of para-hydroxylation sites is 1. The molecule has 0 bridgehead atoms. The first-order valence-corrected chi connectivity index (χ1v) is 12.2. The molecule has 0 fully saturated rings. The molecule has 1 heterocycles. The molecule has 10 heteroatoms. The van der Waals surface area contributed by atoms with E-state index in [0.717, 1.165) is 0 Å². The number of rotatable bonds is 7. The number of amides is 3. The zero-order valence-corrected chi connectivity index (χ0v) is 21.7. The third-order valence-electron chi connectivity index (χ3n) is 6.04. The van der Waals surface area contributed by atoms with Crippen LogP contribution in [0, 0.1) is 6.92 Å². The number of benzene rings is 3. The van der Waals surface area contributed by atoms with E-state index in [4.69, 9.17) is 11.6 Å². The Morgan fingerprint density at radius 3 is 2.26 bits per heavy atom. The van der Waals surface area contributed by atoms with Gasteiger partial charge in [-0.25, -0.2) is 4.68 Å². The Morgan fingerprint density at radius 1 is 0.868 bits per heavy atom. The van der Waals surface area contributed by atoms with Gasteiger partial charge in [0.1, 0.15) is 11.7 Å². The van der Waals surface area contributed by atoms with Gasteiger partial charge in [-0.2, -0.15) is 0 Å². The van der Waals surface area contributed by atoms with Gasteiger partial charge in [0.15, 0.2) is 0 Å². The summed E-state index contributed by atoms with van der Waals surface area (Å²) in [5.41, 5.74) is 1.90. The Bertz CT molecular complexity index is 1580. The summed E-state index contributed by atoms with van der Waals surface area (Å²) < 4.78 is 3.14. The maximum atomic E-state index is 13.1. The van der Waals surface area contributed by atoms with Gasteiger partial charge in [0.2, 0.25) is 5.91 Å². The lowest BCUT2D eigenvalue weighted by Crippen LogP contribution is -2.41.